The third-order valence-corrected chi connectivity index (χ3v) is 4.80. The summed E-state index contributed by atoms with van der Waals surface area (Å²) in [5, 5.41) is 3.97. The number of nitrogens with one attached hydrogen (secondary N) is 1. The van der Waals surface area contributed by atoms with E-state index in [1.54, 1.807) is 42.5 Å². The first kappa shape index (κ1) is 22.0. The van der Waals surface area contributed by atoms with Gasteiger partial charge >= 0.3 is 5.97 Å². The van der Waals surface area contributed by atoms with Crippen LogP contribution in [0.5, 0.6) is 11.5 Å². The molecule has 0 atom stereocenters. The van der Waals surface area contributed by atoms with Gasteiger partial charge in [0.05, 0.1) is 18.9 Å². The van der Waals surface area contributed by atoms with Crippen LogP contribution in [0, 0.1) is 0 Å². The number of hydrazone groups is 1. The van der Waals surface area contributed by atoms with Crippen molar-refractivity contribution in [2.75, 3.05) is 7.11 Å². The van der Waals surface area contributed by atoms with Gasteiger partial charge in [-0.2, -0.15) is 5.10 Å². The number of carbonyl (C=O) groups excluding carboxylic acids is 2. The monoisotopic (exact) mass is 478 g/mol. The van der Waals surface area contributed by atoms with Gasteiger partial charge in [-0.15, -0.1) is 0 Å². The zero-order valence-corrected chi connectivity index (χ0v) is 18.2. The first-order valence-corrected chi connectivity index (χ1v) is 10.1. The van der Waals surface area contributed by atoms with E-state index < -0.39 is 5.97 Å². The van der Waals surface area contributed by atoms with E-state index in [1.165, 1.54) is 19.4 Å². The molecular formula is C24H19BrN2O4. The van der Waals surface area contributed by atoms with E-state index in [4.69, 9.17) is 9.47 Å². The van der Waals surface area contributed by atoms with Crippen LogP contribution in [0.4, 0.5) is 0 Å². The van der Waals surface area contributed by atoms with Crippen molar-refractivity contribution in [2.24, 2.45) is 5.10 Å². The molecular weight excluding hydrogens is 460 g/mol. The Morgan fingerprint density at radius 3 is 2.42 bits per heavy atom. The van der Waals surface area contributed by atoms with Gasteiger partial charge in [-0.25, -0.2) is 10.2 Å². The summed E-state index contributed by atoms with van der Waals surface area (Å²) in [6, 6.07) is 21.4. The normalized spacial score (nSPS) is 10.9. The Hall–Kier alpha value is -3.71. The molecule has 31 heavy (non-hydrogen) atoms. The van der Waals surface area contributed by atoms with E-state index in [2.05, 4.69) is 26.5 Å². The molecule has 0 radical (unpaired) electrons. The highest BCUT2D eigenvalue weighted by Gasteiger charge is 2.10. The van der Waals surface area contributed by atoms with E-state index in [0.29, 0.717) is 21.3 Å². The molecule has 0 saturated heterocycles. The smallest absolute Gasteiger partial charge is 0.336 e. The van der Waals surface area contributed by atoms with E-state index >= 15 is 0 Å². The molecule has 1 amide bonds. The summed E-state index contributed by atoms with van der Waals surface area (Å²) in [6.07, 6.45) is 4.49. The van der Waals surface area contributed by atoms with Gasteiger partial charge in [-0.3, -0.25) is 4.79 Å². The first-order chi connectivity index (χ1) is 15.1. The Morgan fingerprint density at radius 1 is 0.935 bits per heavy atom. The summed E-state index contributed by atoms with van der Waals surface area (Å²) in [6.45, 7) is 0. The van der Waals surface area contributed by atoms with Gasteiger partial charge in [0.2, 0.25) is 0 Å². The molecule has 0 bridgehead atoms. The van der Waals surface area contributed by atoms with Crippen LogP contribution >= 0.6 is 15.9 Å². The third-order valence-electron chi connectivity index (χ3n) is 4.11. The predicted octanol–water partition coefficient (Wildman–Crippen LogP) is 4.84. The highest BCUT2D eigenvalue weighted by molar-refractivity contribution is 9.10. The molecule has 0 fully saturated rings. The number of benzene rings is 3. The van der Waals surface area contributed by atoms with Crippen molar-refractivity contribution in [3.05, 3.63) is 100 Å². The summed E-state index contributed by atoms with van der Waals surface area (Å²) in [7, 11) is 1.47. The van der Waals surface area contributed by atoms with Crippen LogP contribution in [-0.2, 0) is 4.79 Å². The number of hydrogen-bond acceptors (Lipinski definition) is 5. The second kappa shape index (κ2) is 10.9. The van der Waals surface area contributed by atoms with Gasteiger partial charge in [0.1, 0.15) is 0 Å². The second-order valence-electron chi connectivity index (χ2n) is 6.25. The predicted molar refractivity (Wildman–Crippen MR) is 123 cm³/mol. The molecule has 0 saturated carbocycles. The van der Waals surface area contributed by atoms with E-state index in [9.17, 15) is 9.59 Å². The lowest BCUT2D eigenvalue weighted by atomic mass is 10.2. The summed E-state index contributed by atoms with van der Waals surface area (Å²) < 4.78 is 11.3. The van der Waals surface area contributed by atoms with Crippen molar-refractivity contribution in [3.8, 4) is 11.5 Å². The average molecular weight is 479 g/mol. The van der Waals surface area contributed by atoms with Crippen molar-refractivity contribution in [2.45, 2.75) is 0 Å². The number of nitrogens with zero attached hydrogens (tertiary/aromatic N) is 1. The summed E-state index contributed by atoms with van der Waals surface area (Å²) in [5.41, 5.74) is 4.49. The Balaban J connectivity index is 1.63. The minimum atomic E-state index is -0.524. The zero-order valence-electron chi connectivity index (χ0n) is 16.6. The second-order valence-corrected chi connectivity index (χ2v) is 7.11. The molecule has 3 rings (SSSR count). The van der Waals surface area contributed by atoms with Crippen LogP contribution < -0.4 is 14.9 Å². The topological polar surface area (TPSA) is 77.0 Å². The molecule has 0 spiro atoms. The number of halogens is 1. The van der Waals surface area contributed by atoms with Crippen LogP contribution in [0.1, 0.15) is 21.5 Å². The molecule has 0 aliphatic carbocycles. The fraction of sp³-hybridized carbons (Fsp3) is 0.0417. The Bertz CT molecular complexity index is 1130. The molecule has 3 aromatic rings. The number of amides is 1. The quantitative estimate of drug-likeness (QED) is 0.173. The van der Waals surface area contributed by atoms with Crippen LogP contribution in [-0.4, -0.2) is 25.2 Å². The lowest BCUT2D eigenvalue weighted by Gasteiger charge is -2.08. The highest BCUT2D eigenvalue weighted by atomic mass is 79.9. The van der Waals surface area contributed by atoms with Gasteiger partial charge < -0.3 is 9.47 Å². The van der Waals surface area contributed by atoms with Crippen LogP contribution in [0.2, 0.25) is 0 Å². The largest absolute Gasteiger partial charge is 0.493 e. The van der Waals surface area contributed by atoms with Crippen molar-refractivity contribution < 1.29 is 19.1 Å². The van der Waals surface area contributed by atoms with E-state index in [-0.39, 0.29) is 11.7 Å². The van der Waals surface area contributed by atoms with Crippen molar-refractivity contribution in [1.82, 2.24) is 5.43 Å². The molecule has 0 aliphatic heterocycles. The minimum Gasteiger partial charge on any atom is -0.493 e. The fourth-order valence-electron chi connectivity index (χ4n) is 2.59. The summed E-state index contributed by atoms with van der Waals surface area (Å²) in [5.74, 6) is -0.224. The standard InChI is InChI=1S/C24H19BrN2O4/c1-30-22-15-18(16-26-27-24(29)19-9-5-6-10-20(19)25)11-13-21(22)31-23(28)14-12-17-7-3-2-4-8-17/h2-16H,1H3,(H,27,29)/b14-12+,26-16+. The van der Waals surface area contributed by atoms with Gasteiger partial charge in [-0.05, 0) is 63.5 Å². The van der Waals surface area contributed by atoms with Crippen LogP contribution in [0.15, 0.2) is 88.4 Å². The van der Waals surface area contributed by atoms with Gasteiger partial charge in [0, 0.05) is 10.5 Å². The molecule has 0 unspecified atom stereocenters. The maximum Gasteiger partial charge on any atom is 0.336 e. The fourth-order valence-corrected chi connectivity index (χ4v) is 3.06. The van der Waals surface area contributed by atoms with E-state index in [1.807, 2.05) is 36.4 Å². The van der Waals surface area contributed by atoms with Crippen LogP contribution in [0.3, 0.4) is 0 Å². The molecule has 0 aromatic heterocycles. The molecule has 3 aromatic carbocycles. The zero-order chi connectivity index (χ0) is 22.1. The summed E-state index contributed by atoms with van der Waals surface area (Å²) >= 11 is 3.33. The number of carbonyl (C=O) groups is 2. The van der Waals surface area contributed by atoms with Crippen molar-refractivity contribution in [3.63, 3.8) is 0 Å². The van der Waals surface area contributed by atoms with Gasteiger partial charge in [0.15, 0.2) is 11.5 Å². The van der Waals surface area contributed by atoms with Crippen molar-refractivity contribution in [1.29, 1.82) is 0 Å². The van der Waals surface area contributed by atoms with Gasteiger partial charge in [0.25, 0.3) is 5.91 Å². The number of hydrogen-bond donors (Lipinski definition) is 1. The SMILES string of the molecule is COc1cc(/C=N/NC(=O)c2ccccc2Br)ccc1OC(=O)/C=C/c1ccccc1. The number of rotatable bonds is 7. The maximum atomic E-state index is 12.2. The molecule has 6 nitrogen and oxygen atoms in total. The molecule has 0 aliphatic rings. The lowest BCUT2D eigenvalue weighted by Crippen LogP contribution is -2.18. The minimum absolute atomic E-state index is 0.277. The molecule has 156 valence electrons. The van der Waals surface area contributed by atoms with Crippen molar-refractivity contribution >= 4 is 40.1 Å². The summed E-state index contributed by atoms with van der Waals surface area (Å²) in [4.78, 5) is 24.3. The molecule has 1 N–H and O–H groups in total. The Kier molecular flexibility index (Phi) is 7.73. The lowest BCUT2D eigenvalue weighted by molar-refractivity contribution is -0.129. The maximum absolute atomic E-state index is 12.2. The molecule has 0 heterocycles. The Morgan fingerprint density at radius 2 is 1.68 bits per heavy atom. The molecule has 7 heteroatoms. The number of esters is 1. The van der Waals surface area contributed by atoms with Crippen LogP contribution in [0.25, 0.3) is 6.08 Å². The first-order valence-electron chi connectivity index (χ1n) is 9.28. The van der Waals surface area contributed by atoms with E-state index in [0.717, 1.165) is 5.56 Å². The third kappa shape index (κ3) is 6.38. The Labute approximate surface area is 188 Å². The van der Waals surface area contributed by atoms with Gasteiger partial charge in [-0.1, -0.05) is 42.5 Å². The number of methoxy groups -OCH3 is 1. The highest BCUT2D eigenvalue weighted by Crippen LogP contribution is 2.28. The average Bonchev–Trinajstić information content (AvgIpc) is 2.79. The number of ether oxygens (including phenoxy) is 2.